The van der Waals surface area contributed by atoms with Crippen LogP contribution in [0.25, 0.3) is 0 Å². The molecule has 0 aliphatic carbocycles. The molecule has 5 N–H and O–H groups in total. The summed E-state index contributed by atoms with van der Waals surface area (Å²) in [6.07, 6.45) is 4.35. The van der Waals surface area contributed by atoms with Crippen molar-refractivity contribution in [2.75, 3.05) is 6.61 Å². The van der Waals surface area contributed by atoms with E-state index < -0.39 is 62.4 Å². The molecule has 2 unspecified atom stereocenters. The summed E-state index contributed by atoms with van der Waals surface area (Å²) in [6, 6.07) is 7.90. The number of nitrogens with one attached hydrogen (secondary N) is 2. The molecule has 0 aliphatic rings. The Hall–Kier alpha value is -3.39. The number of halogens is 1. The number of aromatic amines is 1. The molecule has 4 atom stereocenters. The minimum Gasteiger partial charge on any atom is -0.462 e. The van der Waals surface area contributed by atoms with E-state index >= 15 is 0 Å². The second kappa shape index (κ2) is 16.7. The Morgan fingerprint density at radius 2 is 1.85 bits per heavy atom. The number of nitrogens with zero attached hydrogens (tertiary/aromatic N) is 1. The number of hydrogen-bond acceptors (Lipinski definition) is 10. The number of aliphatic hydroxyl groups excluding tert-OH is 2. The molecule has 0 fully saturated rings. The van der Waals surface area contributed by atoms with Crippen LogP contribution in [0.2, 0.25) is 0 Å². The van der Waals surface area contributed by atoms with Crippen molar-refractivity contribution in [1.29, 1.82) is 0 Å². The van der Waals surface area contributed by atoms with Crippen molar-refractivity contribution in [3.63, 3.8) is 0 Å². The van der Waals surface area contributed by atoms with Gasteiger partial charge in [0.05, 0.1) is 6.10 Å². The molecule has 40 heavy (non-hydrogen) atoms. The SMILES string of the molecule is CC=CC=C[C@H](O)[C@@](O)(F)COP(=O)(NC(C)C(=O)OC(C)C)Oc1ccccc1.O=c1ccn(CO)c(=O)[nH]1. The molecule has 0 saturated heterocycles. The lowest BCUT2D eigenvalue weighted by Gasteiger charge is -2.27. The Bertz CT molecular complexity index is 1280. The molecule has 1 aromatic carbocycles. The van der Waals surface area contributed by atoms with Gasteiger partial charge in [0.2, 0.25) is 0 Å². The molecule has 2 aromatic rings. The first-order chi connectivity index (χ1) is 18.7. The lowest BCUT2D eigenvalue weighted by molar-refractivity contribution is -0.173. The summed E-state index contributed by atoms with van der Waals surface area (Å²) in [5, 5.41) is 30.5. The molecule has 15 heteroatoms. The molecule has 1 heterocycles. The van der Waals surface area contributed by atoms with Crippen molar-refractivity contribution in [3.8, 4) is 5.75 Å². The van der Waals surface area contributed by atoms with Gasteiger partial charge in [-0.15, -0.1) is 0 Å². The molecule has 0 aliphatic heterocycles. The van der Waals surface area contributed by atoms with Crippen LogP contribution in [-0.4, -0.2) is 61.6 Å². The number of H-pyrrole nitrogens is 1. The van der Waals surface area contributed by atoms with Crippen LogP contribution in [0.5, 0.6) is 5.75 Å². The monoisotopic (exact) mass is 587 g/mol. The number of benzene rings is 1. The Morgan fingerprint density at radius 1 is 1.20 bits per heavy atom. The van der Waals surface area contributed by atoms with Gasteiger partial charge in [-0.05, 0) is 39.8 Å². The fourth-order valence-corrected chi connectivity index (χ4v) is 4.09. The van der Waals surface area contributed by atoms with Gasteiger partial charge in [0.25, 0.3) is 11.4 Å². The number of carbonyl (C=O) groups excluding carboxylic acids is 1. The third-order valence-corrected chi connectivity index (χ3v) is 6.19. The highest BCUT2D eigenvalue weighted by molar-refractivity contribution is 7.52. The Kier molecular flexibility index (Phi) is 14.4. The molecular weight excluding hydrogens is 552 g/mol. The first-order valence-corrected chi connectivity index (χ1v) is 13.5. The smallest absolute Gasteiger partial charge is 0.459 e. The number of esters is 1. The summed E-state index contributed by atoms with van der Waals surface area (Å²) in [7, 11) is -4.36. The molecule has 0 radical (unpaired) electrons. The number of hydrogen-bond donors (Lipinski definition) is 5. The van der Waals surface area contributed by atoms with E-state index in [2.05, 4.69) is 5.09 Å². The number of allylic oxidation sites excluding steroid dienone is 3. The van der Waals surface area contributed by atoms with Crippen LogP contribution < -0.4 is 20.9 Å². The quantitative estimate of drug-likeness (QED) is 0.130. The summed E-state index contributed by atoms with van der Waals surface area (Å²) in [4.78, 5) is 35.1. The average Bonchev–Trinajstić information content (AvgIpc) is 2.88. The van der Waals surface area contributed by atoms with E-state index in [9.17, 15) is 33.6 Å². The standard InChI is InChI=1S/C20H29FNO7P.C5H6N2O3/c1-5-6-8-13-18(23)20(21,25)14-27-30(26,29-17-11-9-7-10-12-17)22-16(4)19(24)28-15(2)3;8-3-7-2-1-4(9)6-5(7)10/h5-13,15-16,18,23,25H,14H2,1-4H3,(H,22,26);1-2,8H,3H2,(H,6,9,10)/t16?,18-,20+,30?;/m0./s1. The summed E-state index contributed by atoms with van der Waals surface area (Å²) in [5.74, 6) is -3.87. The van der Waals surface area contributed by atoms with Crippen molar-refractivity contribution < 1.29 is 42.9 Å². The predicted octanol–water partition coefficient (Wildman–Crippen LogP) is 1.76. The molecule has 0 saturated carbocycles. The van der Waals surface area contributed by atoms with Gasteiger partial charge in [-0.25, -0.2) is 13.8 Å². The Labute approximate surface area is 230 Å². The third kappa shape index (κ3) is 12.6. The number of carbonyl (C=O) groups is 1. The van der Waals surface area contributed by atoms with E-state index in [1.54, 1.807) is 45.0 Å². The normalized spacial score (nSPS) is 16.0. The summed E-state index contributed by atoms with van der Waals surface area (Å²) in [5.41, 5.74) is -1.07. The van der Waals surface area contributed by atoms with Gasteiger partial charge >= 0.3 is 19.4 Å². The van der Waals surface area contributed by atoms with Gasteiger partial charge in [-0.2, -0.15) is 5.09 Å². The van der Waals surface area contributed by atoms with Gasteiger partial charge < -0.3 is 24.6 Å². The van der Waals surface area contributed by atoms with Crippen molar-refractivity contribution in [1.82, 2.24) is 14.6 Å². The highest BCUT2D eigenvalue weighted by Gasteiger charge is 2.40. The molecule has 0 amide bonds. The molecule has 2 rings (SSSR count). The van der Waals surface area contributed by atoms with Crippen molar-refractivity contribution >= 4 is 13.7 Å². The largest absolute Gasteiger partial charge is 0.462 e. The van der Waals surface area contributed by atoms with E-state index in [4.69, 9.17) is 18.9 Å². The third-order valence-electron chi connectivity index (χ3n) is 4.56. The zero-order valence-corrected chi connectivity index (χ0v) is 23.4. The Morgan fingerprint density at radius 3 is 2.40 bits per heavy atom. The number of alkyl halides is 1. The summed E-state index contributed by atoms with van der Waals surface area (Å²) >= 11 is 0. The predicted molar refractivity (Wildman–Crippen MR) is 144 cm³/mol. The van der Waals surface area contributed by atoms with Crippen LogP contribution in [0.15, 0.2) is 76.5 Å². The van der Waals surface area contributed by atoms with Gasteiger partial charge in [-0.1, -0.05) is 42.5 Å². The number of aliphatic hydroxyl groups is 3. The number of ether oxygens (including phenoxy) is 1. The van der Waals surface area contributed by atoms with Crippen molar-refractivity contribution in [2.45, 2.75) is 58.5 Å². The van der Waals surface area contributed by atoms with Crippen LogP contribution in [0.4, 0.5) is 4.39 Å². The van der Waals surface area contributed by atoms with E-state index in [1.807, 2.05) is 4.98 Å². The zero-order chi connectivity index (χ0) is 30.3. The van der Waals surface area contributed by atoms with E-state index in [-0.39, 0.29) is 5.75 Å². The highest BCUT2D eigenvalue weighted by atomic mass is 31.2. The van der Waals surface area contributed by atoms with Gasteiger partial charge in [-0.3, -0.25) is 23.7 Å². The average molecular weight is 588 g/mol. The summed E-state index contributed by atoms with van der Waals surface area (Å²) in [6.45, 7) is 4.76. The van der Waals surface area contributed by atoms with Gasteiger partial charge in [0, 0.05) is 12.3 Å². The van der Waals surface area contributed by atoms with Gasteiger partial charge in [0.1, 0.15) is 31.2 Å². The molecule has 222 valence electrons. The van der Waals surface area contributed by atoms with Crippen LogP contribution >= 0.6 is 7.75 Å². The Balaban J connectivity index is 0.000000667. The number of aromatic nitrogens is 2. The first kappa shape index (κ1) is 34.6. The minimum atomic E-state index is -4.36. The van der Waals surface area contributed by atoms with Crippen LogP contribution in [0.1, 0.15) is 27.7 Å². The molecule has 13 nitrogen and oxygen atoms in total. The first-order valence-electron chi connectivity index (χ1n) is 12.0. The summed E-state index contributed by atoms with van der Waals surface area (Å²) < 4.78 is 44.0. The molecule has 1 aromatic heterocycles. The number of rotatable bonds is 13. The van der Waals surface area contributed by atoms with Crippen molar-refractivity contribution in [3.05, 3.63) is 87.7 Å². The fraction of sp³-hybridized carbons (Fsp3) is 0.400. The molecule has 0 spiro atoms. The lowest BCUT2D eigenvalue weighted by Crippen LogP contribution is -2.42. The second-order valence-electron chi connectivity index (χ2n) is 8.41. The maximum Gasteiger partial charge on any atom is 0.459 e. The van der Waals surface area contributed by atoms with E-state index in [0.717, 1.165) is 16.7 Å². The van der Waals surface area contributed by atoms with Crippen LogP contribution in [-0.2, 0) is 25.4 Å². The maximum atomic E-state index is 14.5. The highest BCUT2D eigenvalue weighted by Crippen LogP contribution is 2.45. The van der Waals surface area contributed by atoms with Crippen molar-refractivity contribution in [2.24, 2.45) is 0 Å². The van der Waals surface area contributed by atoms with Crippen LogP contribution in [0, 0.1) is 0 Å². The number of para-hydroxylation sites is 1. The molecule has 0 bridgehead atoms. The van der Waals surface area contributed by atoms with Crippen LogP contribution in [0.3, 0.4) is 0 Å². The van der Waals surface area contributed by atoms with E-state index in [0.29, 0.717) is 0 Å². The minimum absolute atomic E-state index is 0.119. The maximum absolute atomic E-state index is 14.5. The fourth-order valence-electron chi connectivity index (χ4n) is 2.58. The zero-order valence-electron chi connectivity index (χ0n) is 22.5. The molecular formula is C25H35FN3O10P. The van der Waals surface area contributed by atoms with E-state index in [1.165, 1.54) is 37.4 Å². The topological polar surface area (TPSA) is 189 Å². The lowest BCUT2D eigenvalue weighted by atomic mass is 10.1. The van der Waals surface area contributed by atoms with Gasteiger partial charge in [0.15, 0.2) is 0 Å². The second-order valence-corrected chi connectivity index (χ2v) is 10.1.